The van der Waals surface area contributed by atoms with E-state index in [9.17, 15) is 4.79 Å². The number of nitrogens with one attached hydrogen (secondary N) is 1. The van der Waals surface area contributed by atoms with Crippen LogP contribution in [0.15, 0.2) is 17.1 Å². The second-order valence-electron chi connectivity index (χ2n) is 7.70. The van der Waals surface area contributed by atoms with E-state index in [1.807, 2.05) is 6.92 Å². The number of piperidine rings is 1. The lowest BCUT2D eigenvalue weighted by Gasteiger charge is -2.29. The number of nitrogens with zero attached hydrogens (tertiary/aromatic N) is 4. The highest BCUT2D eigenvalue weighted by Gasteiger charge is 2.27. The fourth-order valence-electron chi connectivity index (χ4n) is 3.46. The second-order valence-corrected chi connectivity index (χ2v) is 7.70. The lowest BCUT2D eigenvalue weighted by atomic mass is 10.1. The molecular weight excluding hydrogens is 441 g/mol. The molecule has 1 amide bonds. The van der Waals surface area contributed by atoms with E-state index in [0.29, 0.717) is 12.5 Å². The zero-order valence-electron chi connectivity index (χ0n) is 16.7. The average molecular weight is 477 g/mol. The Morgan fingerprint density at radius 1 is 1.23 bits per heavy atom. The third-order valence-electron chi connectivity index (χ3n) is 4.96. The van der Waals surface area contributed by atoms with E-state index in [1.165, 1.54) is 45.3 Å². The molecule has 2 heterocycles. The maximum Gasteiger partial charge on any atom is 0.243 e. The Kier molecular flexibility index (Phi) is 10.5. The SMILES string of the molecule is C=C(C)CNC(=NCC(=O)N(C)C)N1CCC(CN2CCCCC2)C1.I. The van der Waals surface area contributed by atoms with Gasteiger partial charge in [-0.1, -0.05) is 18.6 Å². The smallest absolute Gasteiger partial charge is 0.243 e. The highest BCUT2D eigenvalue weighted by Crippen LogP contribution is 2.20. The van der Waals surface area contributed by atoms with Gasteiger partial charge in [-0.15, -0.1) is 24.0 Å². The summed E-state index contributed by atoms with van der Waals surface area (Å²) in [6.07, 6.45) is 5.27. The van der Waals surface area contributed by atoms with Crippen LogP contribution in [-0.2, 0) is 4.79 Å². The van der Waals surface area contributed by atoms with E-state index in [4.69, 9.17) is 0 Å². The van der Waals surface area contributed by atoms with E-state index < -0.39 is 0 Å². The molecule has 0 aromatic rings. The monoisotopic (exact) mass is 477 g/mol. The molecule has 0 bridgehead atoms. The Bertz CT molecular complexity index is 488. The van der Waals surface area contributed by atoms with Crippen molar-refractivity contribution in [2.24, 2.45) is 10.9 Å². The largest absolute Gasteiger partial charge is 0.353 e. The predicted octanol–water partition coefficient (Wildman–Crippen LogP) is 2.02. The van der Waals surface area contributed by atoms with Gasteiger partial charge in [0.2, 0.25) is 5.91 Å². The van der Waals surface area contributed by atoms with Gasteiger partial charge in [0.15, 0.2) is 5.96 Å². The van der Waals surface area contributed by atoms with Crippen LogP contribution in [0.5, 0.6) is 0 Å². The Morgan fingerprint density at radius 2 is 1.92 bits per heavy atom. The first kappa shape index (κ1) is 23.2. The van der Waals surface area contributed by atoms with Gasteiger partial charge in [0, 0.05) is 40.3 Å². The molecule has 0 radical (unpaired) electrons. The van der Waals surface area contributed by atoms with E-state index in [0.717, 1.165) is 24.6 Å². The Morgan fingerprint density at radius 3 is 2.54 bits per heavy atom. The third kappa shape index (κ3) is 7.82. The van der Waals surface area contributed by atoms with Crippen LogP contribution in [0.25, 0.3) is 0 Å². The van der Waals surface area contributed by atoms with Crippen LogP contribution in [-0.4, -0.2) is 86.5 Å². The van der Waals surface area contributed by atoms with Gasteiger partial charge in [-0.05, 0) is 45.2 Å². The molecular formula is C19H36IN5O. The van der Waals surface area contributed by atoms with Crippen LogP contribution >= 0.6 is 24.0 Å². The highest BCUT2D eigenvalue weighted by atomic mass is 127. The molecule has 0 aromatic carbocycles. The molecule has 1 atom stereocenters. The minimum atomic E-state index is 0. The summed E-state index contributed by atoms with van der Waals surface area (Å²) in [4.78, 5) is 23.0. The summed E-state index contributed by atoms with van der Waals surface area (Å²) in [7, 11) is 3.53. The molecule has 0 saturated carbocycles. The van der Waals surface area contributed by atoms with Crippen molar-refractivity contribution >= 4 is 35.8 Å². The van der Waals surface area contributed by atoms with Crippen molar-refractivity contribution in [3.8, 4) is 0 Å². The Labute approximate surface area is 176 Å². The molecule has 0 aromatic heterocycles. The predicted molar refractivity (Wildman–Crippen MR) is 119 cm³/mol. The Hall–Kier alpha value is -0.830. The van der Waals surface area contributed by atoms with Gasteiger partial charge in [0.05, 0.1) is 0 Å². The summed E-state index contributed by atoms with van der Waals surface area (Å²) < 4.78 is 0. The summed E-state index contributed by atoms with van der Waals surface area (Å²) in [6, 6.07) is 0. The zero-order chi connectivity index (χ0) is 18.2. The summed E-state index contributed by atoms with van der Waals surface area (Å²) in [5, 5.41) is 3.37. The van der Waals surface area contributed by atoms with Crippen molar-refractivity contribution in [1.82, 2.24) is 20.0 Å². The van der Waals surface area contributed by atoms with Gasteiger partial charge in [-0.25, -0.2) is 4.99 Å². The molecule has 2 rings (SSSR count). The molecule has 2 aliphatic heterocycles. The quantitative estimate of drug-likeness (QED) is 0.275. The number of rotatable bonds is 6. The van der Waals surface area contributed by atoms with Crippen LogP contribution in [0.4, 0.5) is 0 Å². The number of amides is 1. The second kappa shape index (κ2) is 11.8. The summed E-state index contributed by atoms with van der Waals surface area (Å²) in [6.45, 7) is 12.6. The normalized spacial score (nSPS) is 21.3. The minimum Gasteiger partial charge on any atom is -0.353 e. The molecule has 1 unspecified atom stereocenters. The van der Waals surface area contributed by atoms with E-state index >= 15 is 0 Å². The molecule has 150 valence electrons. The van der Waals surface area contributed by atoms with Crippen molar-refractivity contribution < 1.29 is 4.79 Å². The van der Waals surface area contributed by atoms with Gasteiger partial charge in [0.25, 0.3) is 0 Å². The fourth-order valence-corrected chi connectivity index (χ4v) is 3.46. The summed E-state index contributed by atoms with van der Waals surface area (Å²) in [5.74, 6) is 1.57. The maximum absolute atomic E-state index is 11.9. The van der Waals surface area contributed by atoms with Gasteiger partial charge in [0.1, 0.15) is 6.54 Å². The third-order valence-corrected chi connectivity index (χ3v) is 4.96. The minimum absolute atomic E-state index is 0. The van der Waals surface area contributed by atoms with E-state index in [-0.39, 0.29) is 36.4 Å². The van der Waals surface area contributed by atoms with Gasteiger partial charge < -0.3 is 20.0 Å². The molecule has 1 N–H and O–H groups in total. The molecule has 2 aliphatic rings. The number of aliphatic imine (C=N–C) groups is 1. The van der Waals surface area contributed by atoms with Gasteiger partial charge >= 0.3 is 0 Å². The summed E-state index contributed by atoms with van der Waals surface area (Å²) >= 11 is 0. The molecule has 0 spiro atoms. The van der Waals surface area contributed by atoms with Crippen molar-refractivity contribution in [3.63, 3.8) is 0 Å². The number of hydrogen-bond donors (Lipinski definition) is 1. The Balaban J connectivity index is 0.00000338. The van der Waals surface area contributed by atoms with Crippen molar-refractivity contribution in [2.75, 3.05) is 59.9 Å². The van der Waals surface area contributed by atoms with Crippen LogP contribution < -0.4 is 5.32 Å². The number of carbonyl (C=O) groups is 1. The molecule has 6 nitrogen and oxygen atoms in total. The molecule has 2 saturated heterocycles. The number of guanidine groups is 1. The number of likely N-dealkylation sites (N-methyl/N-ethyl adjacent to an activating group) is 1. The average Bonchev–Trinajstić information content (AvgIpc) is 3.03. The van der Waals surface area contributed by atoms with Crippen LogP contribution in [0.2, 0.25) is 0 Å². The first-order chi connectivity index (χ1) is 12.0. The number of hydrogen-bond acceptors (Lipinski definition) is 3. The molecule has 0 aliphatic carbocycles. The topological polar surface area (TPSA) is 51.2 Å². The lowest BCUT2D eigenvalue weighted by molar-refractivity contribution is -0.127. The van der Waals surface area contributed by atoms with Gasteiger partial charge in [-0.2, -0.15) is 0 Å². The van der Waals surface area contributed by atoms with E-state index in [2.05, 4.69) is 26.7 Å². The van der Waals surface area contributed by atoms with Crippen molar-refractivity contribution in [1.29, 1.82) is 0 Å². The first-order valence-electron chi connectivity index (χ1n) is 9.56. The van der Waals surface area contributed by atoms with Crippen LogP contribution in [0.3, 0.4) is 0 Å². The van der Waals surface area contributed by atoms with Crippen molar-refractivity contribution in [2.45, 2.75) is 32.6 Å². The molecule has 2 fully saturated rings. The number of likely N-dealkylation sites (tertiary alicyclic amines) is 2. The number of carbonyl (C=O) groups excluding carboxylic acids is 1. The van der Waals surface area contributed by atoms with Crippen molar-refractivity contribution in [3.05, 3.63) is 12.2 Å². The van der Waals surface area contributed by atoms with Gasteiger partial charge in [-0.3, -0.25) is 4.79 Å². The molecule has 26 heavy (non-hydrogen) atoms. The first-order valence-corrected chi connectivity index (χ1v) is 9.56. The van der Waals surface area contributed by atoms with Crippen LogP contribution in [0, 0.1) is 5.92 Å². The van der Waals surface area contributed by atoms with E-state index in [1.54, 1.807) is 19.0 Å². The van der Waals surface area contributed by atoms with Crippen LogP contribution in [0.1, 0.15) is 32.6 Å². The summed E-state index contributed by atoms with van der Waals surface area (Å²) in [5.41, 5.74) is 1.07. The maximum atomic E-state index is 11.9. The fraction of sp³-hybridized carbons (Fsp3) is 0.789. The number of halogens is 1. The molecule has 7 heteroatoms. The standard InChI is InChI=1S/C19H35N5O.HI/c1-16(2)12-20-19(21-13-18(25)22(3)4)24-11-8-17(15-24)14-23-9-6-5-7-10-23;/h17H,1,5-15H2,2-4H3,(H,20,21);1H. The lowest BCUT2D eigenvalue weighted by Crippen LogP contribution is -2.42. The zero-order valence-corrected chi connectivity index (χ0v) is 19.0. The highest BCUT2D eigenvalue weighted by molar-refractivity contribution is 14.0.